The zero-order valence-electron chi connectivity index (χ0n) is 28.4. The van der Waals surface area contributed by atoms with Crippen LogP contribution in [-0.4, -0.2) is 49.1 Å². The molecule has 0 amide bonds. The molecule has 2 N–H and O–H groups in total. The third kappa shape index (κ3) is 20.9. The second-order valence-electron chi connectivity index (χ2n) is 13.5. The highest BCUT2D eigenvalue weighted by Gasteiger charge is 2.33. The van der Waals surface area contributed by atoms with E-state index in [1.54, 1.807) is 0 Å². The Labute approximate surface area is 259 Å². The average Bonchev–Trinajstić information content (AvgIpc) is 3.49. The van der Waals surface area contributed by atoms with Gasteiger partial charge in [-0.2, -0.15) is 0 Å². The van der Waals surface area contributed by atoms with Gasteiger partial charge >= 0.3 is 0 Å². The molecule has 42 heavy (non-hydrogen) atoms. The van der Waals surface area contributed by atoms with Crippen LogP contribution in [0, 0.1) is 0 Å². The van der Waals surface area contributed by atoms with Crippen molar-refractivity contribution >= 4 is 0 Å². The minimum Gasteiger partial charge on any atom is -0.348 e. The number of azide groups is 1. The molecular weight excluding hydrogens is 528 g/mol. The lowest BCUT2D eigenvalue weighted by molar-refractivity contribution is -0.139. The fourth-order valence-electron chi connectivity index (χ4n) is 5.77. The Morgan fingerprint density at radius 3 is 1.52 bits per heavy atom. The SMILES string of the molecule is CCCCCCCCCC(CCC1COC(C)(C)O1)N=[N+]=[N-].CCCCCCCCCC(N)CCC1COC(C)(C)O1. The van der Waals surface area contributed by atoms with Gasteiger partial charge in [0.2, 0.25) is 0 Å². The normalized spacial score (nSPS) is 22.3. The molecule has 4 atom stereocenters. The summed E-state index contributed by atoms with van der Waals surface area (Å²) in [5.41, 5.74) is 14.9. The largest absolute Gasteiger partial charge is 0.348 e. The second-order valence-corrected chi connectivity index (χ2v) is 13.5. The van der Waals surface area contributed by atoms with Crippen molar-refractivity contribution in [1.29, 1.82) is 0 Å². The molecule has 2 heterocycles. The number of nitrogens with two attached hydrogens (primary N) is 1. The summed E-state index contributed by atoms with van der Waals surface area (Å²) in [7, 11) is 0. The van der Waals surface area contributed by atoms with Gasteiger partial charge in [-0.25, -0.2) is 0 Å². The maximum absolute atomic E-state index is 8.71. The van der Waals surface area contributed by atoms with Crippen LogP contribution in [0.25, 0.3) is 10.4 Å². The quantitative estimate of drug-likeness (QED) is 0.0546. The Morgan fingerprint density at radius 2 is 1.10 bits per heavy atom. The third-order valence-electron chi connectivity index (χ3n) is 8.35. The molecule has 0 aromatic carbocycles. The van der Waals surface area contributed by atoms with Crippen molar-refractivity contribution in [2.45, 2.75) is 206 Å². The van der Waals surface area contributed by atoms with Crippen molar-refractivity contribution in [3.63, 3.8) is 0 Å². The van der Waals surface area contributed by atoms with Crippen molar-refractivity contribution in [3.8, 4) is 0 Å². The second kappa shape index (κ2) is 23.5. The first-order chi connectivity index (χ1) is 20.1. The molecule has 8 nitrogen and oxygen atoms in total. The van der Waals surface area contributed by atoms with Crippen molar-refractivity contribution in [1.82, 2.24) is 0 Å². The molecule has 2 rings (SSSR count). The number of rotatable bonds is 23. The van der Waals surface area contributed by atoms with E-state index in [0.29, 0.717) is 12.6 Å². The summed E-state index contributed by atoms with van der Waals surface area (Å²) in [5, 5.41) is 3.95. The number of hydrogen-bond donors (Lipinski definition) is 1. The molecule has 4 unspecified atom stereocenters. The predicted molar refractivity (Wildman–Crippen MR) is 174 cm³/mol. The van der Waals surface area contributed by atoms with E-state index in [2.05, 4.69) is 23.9 Å². The number of unbranched alkanes of at least 4 members (excludes halogenated alkanes) is 12. The maximum atomic E-state index is 8.71. The van der Waals surface area contributed by atoms with Crippen molar-refractivity contribution < 1.29 is 18.9 Å². The smallest absolute Gasteiger partial charge is 0.163 e. The molecule has 2 fully saturated rings. The van der Waals surface area contributed by atoms with Crippen LogP contribution in [0.2, 0.25) is 0 Å². The molecule has 0 bridgehead atoms. The van der Waals surface area contributed by atoms with Crippen LogP contribution in [0.1, 0.15) is 170 Å². The van der Waals surface area contributed by atoms with Gasteiger partial charge in [-0.3, -0.25) is 0 Å². The Balaban J connectivity index is 0.000000422. The Kier molecular flexibility index (Phi) is 21.9. The molecule has 0 radical (unpaired) electrons. The highest BCUT2D eigenvalue weighted by molar-refractivity contribution is 4.76. The van der Waals surface area contributed by atoms with Gasteiger partial charge in [0.05, 0.1) is 25.4 Å². The van der Waals surface area contributed by atoms with Crippen LogP contribution >= 0.6 is 0 Å². The van der Waals surface area contributed by atoms with Crippen LogP contribution in [0.15, 0.2) is 5.11 Å². The monoisotopic (exact) mass is 597 g/mol. The third-order valence-corrected chi connectivity index (χ3v) is 8.35. The summed E-state index contributed by atoms with van der Waals surface area (Å²) < 4.78 is 22.7. The maximum Gasteiger partial charge on any atom is 0.163 e. The van der Waals surface area contributed by atoms with E-state index in [1.807, 2.05) is 27.7 Å². The topological polar surface area (TPSA) is 112 Å². The van der Waals surface area contributed by atoms with Crippen LogP contribution in [0.3, 0.4) is 0 Å². The van der Waals surface area contributed by atoms with Gasteiger partial charge in [-0.05, 0) is 71.8 Å². The van der Waals surface area contributed by atoms with E-state index in [9.17, 15) is 0 Å². The molecule has 8 heteroatoms. The zero-order chi connectivity index (χ0) is 31.1. The molecule has 0 spiro atoms. The summed E-state index contributed by atoms with van der Waals surface area (Å²) in [6, 6.07) is 0.436. The Morgan fingerprint density at radius 1 is 0.667 bits per heavy atom. The molecule has 0 aromatic rings. The van der Waals surface area contributed by atoms with E-state index in [4.69, 9.17) is 30.2 Å². The van der Waals surface area contributed by atoms with Crippen LogP contribution in [0.5, 0.6) is 0 Å². The molecule has 0 aliphatic carbocycles. The molecule has 2 aliphatic rings. The Bertz CT molecular complexity index is 699. The van der Waals surface area contributed by atoms with Crippen LogP contribution in [0.4, 0.5) is 0 Å². The summed E-state index contributed by atoms with van der Waals surface area (Å²) >= 11 is 0. The van der Waals surface area contributed by atoms with E-state index < -0.39 is 11.6 Å². The van der Waals surface area contributed by atoms with E-state index in [0.717, 1.165) is 51.6 Å². The first-order valence-corrected chi connectivity index (χ1v) is 17.5. The van der Waals surface area contributed by atoms with Crippen LogP contribution < -0.4 is 5.73 Å². The molecular formula is C34H68N4O4. The number of ether oxygens (including phenoxy) is 4. The van der Waals surface area contributed by atoms with E-state index in [-0.39, 0.29) is 18.2 Å². The van der Waals surface area contributed by atoms with Crippen molar-refractivity contribution in [2.24, 2.45) is 10.8 Å². The summed E-state index contributed by atoms with van der Waals surface area (Å²) in [6.45, 7) is 13.7. The lowest BCUT2D eigenvalue weighted by atomic mass is 10.0. The molecule has 0 saturated carbocycles. The molecule has 0 aromatic heterocycles. The first-order valence-electron chi connectivity index (χ1n) is 17.5. The van der Waals surface area contributed by atoms with Gasteiger partial charge in [0.25, 0.3) is 0 Å². The summed E-state index contributed by atoms with van der Waals surface area (Å²) in [5.74, 6) is -0.857. The Hall–Kier alpha value is -0.890. The number of nitrogens with zero attached hydrogens (tertiary/aromatic N) is 3. The van der Waals surface area contributed by atoms with E-state index in [1.165, 1.54) is 83.5 Å². The van der Waals surface area contributed by atoms with Gasteiger partial charge in [0, 0.05) is 17.0 Å². The highest BCUT2D eigenvalue weighted by atomic mass is 16.7. The number of hydrogen-bond acceptors (Lipinski definition) is 6. The van der Waals surface area contributed by atoms with Gasteiger partial charge < -0.3 is 24.7 Å². The molecule has 248 valence electrons. The fourth-order valence-corrected chi connectivity index (χ4v) is 5.77. The lowest BCUT2D eigenvalue weighted by Gasteiger charge is -2.18. The fraction of sp³-hybridized carbons (Fsp3) is 1.00. The van der Waals surface area contributed by atoms with Crippen molar-refractivity contribution in [3.05, 3.63) is 10.4 Å². The van der Waals surface area contributed by atoms with E-state index >= 15 is 0 Å². The average molecular weight is 597 g/mol. The van der Waals surface area contributed by atoms with Gasteiger partial charge in [0.1, 0.15) is 0 Å². The highest BCUT2D eigenvalue weighted by Crippen LogP contribution is 2.27. The van der Waals surface area contributed by atoms with Gasteiger partial charge in [-0.15, -0.1) is 0 Å². The van der Waals surface area contributed by atoms with Gasteiger partial charge in [0.15, 0.2) is 11.6 Å². The van der Waals surface area contributed by atoms with Gasteiger partial charge in [-0.1, -0.05) is 109 Å². The molecule has 2 saturated heterocycles. The minimum atomic E-state index is -0.461. The predicted octanol–water partition coefficient (Wildman–Crippen LogP) is 10.1. The minimum absolute atomic E-state index is 0.105. The summed E-state index contributed by atoms with van der Waals surface area (Å²) in [6.07, 6.45) is 25.0. The summed E-state index contributed by atoms with van der Waals surface area (Å²) in [4.78, 5) is 3.00. The lowest BCUT2D eigenvalue weighted by Crippen LogP contribution is -2.24. The zero-order valence-corrected chi connectivity index (χ0v) is 28.4. The standard InChI is InChI=1S/C17H33N3O2.C17H35NO2/c1-4-5-6-7-8-9-10-11-15(19-20-18)12-13-16-14-21-17(2,3)22-16;1-4-5-6-7-8-9-10-11-15(18)12-13-16-14-19-17(2,3)20-16/h15-16H,4-14H2,1-3H3;15-16H,4-14,18H2,1-3H3. The van der Waals surface area contributed by atoms with Crippen LogP contribution in [-0.2, 0) is 18.9 Å². The van der Waals surface area contributed by atoms with Crippen molar-refractivity contribution in [2.75, 3.05) is 13.2 Å². The molecule has 2 aliphatic heterocycles. The first kappa shape index (κ1) is 39.1.